The van der Waals surface area contributed by atoms with Crippen molar-refractivity contribution >= 4 is 22.0 Å². The molecule has 1 atom stereocenters. The number of rotatable bonds is 6. The summed E-state index contributed by atoms with van der Waals surface area (Å²) in [7, 11) is -3.87. The predicted octanol–water partition coefficient (Wildman–Crippen LogP) is 0.706. The third-order valence-electron chi connectivity index (χ3n) is 3.00. The van der Waals surface area contributed by atoms with E-state index >= 15 is 0 Å². The number of hydrogen-bond acceptors (Lipinski definition) is 4. The van der Waals surface area contributed by atoms with E-state index in [1.54, 1.807) is 13.8 Å². The minimum absolute atomic E-state index is 0.0121. The lowest BCUT2D eigenvalue weighted by Crippen LogP contribution is -2.34. The number of urea groups is 1. The van der Waals surface area contributed by atoms with Gasteiger partial charge in [0.15, 0.2) is 0 Å². The zero-order valence-electron chi connectivity index (χ0n) is 11.9. The molecule has 1 aromatic rings. The van der Waals surface area contributed by atoms with Crippen molar-refractivity contribution < 1.29 is 18.0 Å². The van der Waals surface area contributed by atoms with Gasteiger partial charge in [0, 0.05) is 12.5 Å². The van der Waals surface area contributed by atoms with Crippen molar-refractivity contribution in [1.82, 2.24) is 10.0 Å². The van der Waals surface area contributed by atoms with E-state index in [0.717, 1.165) is 0 Å². The number of nitrogens with two attached hydrogens (primary N) is 1. The summed E-state index contributed by atoms with van der Waals surface area (Å²) < 4.78 is 26.1. The number of carbonyl (C=O) groups excluding carboxylic acids is 2. The summed E-state index contributed by atoms with van der Waals surface area (Å²) in [4.78, 5) is 22.2. The van der Waals surface area contributed by atoms with Crippen molar-refractivity contribution in [1.29, 1.82) is 0 Å². The maximum atomic E-state index is 12.0. The molecule has 0 aliphatic heterocycles. The maximum Gasteiger partial charge on any atom is 0.312 e. The molecule has 0 radical (unpaired) electrons. The predicted molar refractivity (Wildman–Crippen MR) is 77.6 cm³/mol. The molecule has 21 heavy (non-hydrogen) atoms. The van der Waals surface area contributed by atoms with E-state index in [0.29, 0.717) is 12.0 Å². The van der Waals surface area contributed by atoms with Gasteiger partial charge in [-0.2, -0.15) is 0 Å². The molecule has 7 nitrogen and oxygen atoms in total. The fraction of sp³-hybridized carbons (Fsp3) is 0.385. The molecule has 116 valence electrons. The largest absolute Gasteiger partial charge is 0.352 e. The van der Waals surface area contributed by atoms with Crippen LogP contribution in [0.4, 0.5) is 4.79 Å². The van der Waals surface area contributed by atoms with E-state index in [2.05, 4.69) is 5.32 Å². The molecule has 3 amide bonds. The van der Waals surface area contributed by atoms with E-state index in [4.69, 9.17) is 5.73 Å². The first-order valence-corrected chi connectivity index (χ1v) is 7.93. The molecule has 0 saturated heterocycles. The topological polar surface area (TPSA) is 118 Å². The lowest BCUT2D eigenvalue weighted by Gasteiger charge is -2.11. The highest BCUT2D eigenvalue weighted by Crippen LogP contribution is 2.12. The second-order valence-corrected chi connectivity index (χ2v) is 6.32. The van der Waals surface area contributed by atoms with Crippen LogP contribution in [0.3, 0.4) is 0 Å². The Bertz CT molecular complexity index is 611. The van der Waals surface area contributed by atoms with Crippen LogP contribution in [0.2, 0.25) is 0 Å². The first kappa shape index (κ1) is 17.0. The summed E-state index contributed by atoms with van der Waals surface area (Å²) in [6.45, 7) is 3.66. The highest BCUT2D eigenvalue weighted by Gasteiger charge is 2.20. The van der Waals surface area contributed by atoms with Crippen LogP contribution >= 0.6 is 0 Å². The first-order chi connectivity index (χ1) is 9.76. The van der Waals surface area contributed by atoms with Crippen LogP contribution in [0.1, 0.15) is 25.8 Å². The fourth-order valence-corrected chi connectivity index (χ4v) is 2.53. The molecule has 0 saturated carbocycles. The molecule has 0 bridgehead atoms. The molecule has 0 aliphatic carbocycles. The normalized spacial score (nSPS) is 12.5. The van der Waals surface area contributed by atoms with Crippen molar-refractivity contribution in [2.24, 2.45) is 11.7 Å². The smallest absolute Gasteiger partial charge is 0.312 e. The van der Waals surface area contributed by atoms with Crippen LogP contribution in [0.15, 0.2) is 29.2 Å². The van der Waals surface area contributed by atoms with Crippen LogP contribution in [-0.4, -0.2) is 20.4 Å². The Labute approximate surface area is 124 Å². The first-order valence-electron chi connectivity index (χ1n) is 6.45. The van der Waals surface area contributed by atoms with Gasteiger partial charge < -0.3 is 11.1 Å². The van der Waals surface area contributed by atoms with Crippen LogP contribution in [0.5, 0.6) is 0 Å². The van der Waals surface area contributed by atoms with Gasteiger partial charge in [0.1, 0.15) is 0 Å². The summed E-state index contributed by atoms with van der Waals surface area (Å²) in [6.07, 6.45) is 0.555. The van der Waals surface area contributed by atoms with Crippen molar-refractivity contribution in [2.75, 3.05) is 0 Å². The lowest BCUT2D eigenvalue weighted by atomic mass is 10.1. The Morgan fingerprint density at radius 2 is 1.81 bits per heavy atom. The second-order valence-electron chi connectivity index (χ2n) is 4.64. The zero-order chi connectivity index (χ0) is 16.0. The zero-order valence-corrected chi connectivity index (χ0v) is 12.7. The highest BCUT2D eigenvalue weighted by atomic mass is 32.2. The van der Waals surface area contributed by atoms with E-state index in [1.165, 1.54) is 24.3 Å². The standard InChI is InChI=1S/C13H19N3O4S/c1-3-9(2)12(17)16-21(19,20)11-6-4-10(5-7-11)8-15-13(14)18/h4-7,9H,3,8H2,1-2H3,(H,16,17)(H3,14,15,18). The summed E-state index contributed by atoms with van der Waals surface area (Å²) in [5, 5.41) is 2.39. The number of hydrogen-bond donors (Lipinski definition) is 3. The lowest BCUT2D eigenvalue weighted by molar-refractivity contribution is -0.122. The molecule has 0 fully saturated rings. The van der Waals surface area contributed by atoms with Gasteiger partial charge in [-0.25, -0.2) is 17.9 Å². The molecule has 1 rings (SSSR count). The van der Waals surface area contributed by atoms with Gasteiger partial charge in [-0.3, -0.25) is 4.79 Å². The number of nitrogens with one attached hydrogen (secondary N) is 2. The van der Waals surface area contributed by atoms with Crippen LogP contribution in [0.25, 0.3) is 0 Å². The average Bonchev–Trinajstić information content (AvgIpc) is 2.44. The van der Waals surface area contributed by atoms with Crippen molar-refractivity contribution in [2.45, 2.75) is 31.7 Å². The third kappa shape index (κ3) is 5.07. The summed E-state index contributed by atoms with van der Waals surface area (Å²) in [5.74, 6) is -0.907. The number of carbonyl (C=O) groups is 2. The molecule has 8 heteroatoms. The van der Waals surface area contributed by atoms with Crippen molar-refractivity contribution in [3.63, 3.8) is 0 Å². The molecule has 0 aromatic heterocycles. The number of primary amides is 1. The average molecular weight is 313 g/mol. The number of sulfonamides is 1. The van der Waals surface area contributed by atoms with E-state index < -0.39 is 22.0 Å². The Morgan fingerprint density at radius 3 is 2.29 bits per heavy atom. The monoisotopic (exact) mass is 313 g/mol. The molecular formula is C13H19N3O4S. The van der Waals surface area contributed by atoms with E-state index in [1.807, 2.05) is 4.72 Å². The van der Waals surface area contributed by atoms with Gasteiger partial charge >= 0.3 is 6.03 Å². The minimum Gasteiger partial charge on any atom is -0.352 e. The second kappa shape index (κ2) is 7.07. The molecule has 0 spiro atoms. The summed E-state index contributed by atoms with van der Waals surface area (Å²) in [6, 6.07) is 5.15. The highest BCUT2D eigenvalue weighted by molar-refractivity contribution is 7.90. The van der Waals surface area contributed by atoms with Crippen LogP contribution < -0.4 is 15.8 Å². The summed E-state index contributed by atoms with van der Waals surface area (Å²) in [5.41, 5.74) is 5.64. The number of amides is 3. The Balaban J connectivity index is 2.80. The molecular weight excluding hydrogens is 294 g/mol. The fourth-order valence-electron chi connectivity index (χ4n) is 1.45. The molecule has 0 aliphatic rings. The Kier molecular flexibility index (Phi) is 5.71. The molecule has 0 heterocycles. The van der Waals surface area contributed by atoms with Crippen LogP contribution in [0, 0.1) is 5.92 Å². The van der Waals surface area contributed by atoms with Crippen molar-refractivity contribution in [3.05, 3.63) is 29.8 Å². The Hall–Kier alpha value is -2.09. The minimum atomic E-state index is -3.87. The van der Waals surface area contributed by atoms with Gasteiger partial charge in [0.2, 0.25) is 5.91 Å². The van der Waals surface area contributed by atoms with E-state index in [-0.39, 0.29) is 17.4 Å². The van der Waals surface area contributed by atoms with Gasteiger partial charge in [0.25, 0.3) is 10.0 Å². The molecule has 1 aromatic carbocycles. The van der Waals surface area contributed by atoms with Gasteiger partial charge in [-0.05, 0) is 24.1 Å². The number of benzene rings is 1. The van der Waals surface area contributed by atoms with Gasteiger partial charge in [-0.1, -0.05) is 26.0 Å². The molecule has 4 N–H and O–H groups in total. The maximum absolute atomic E-state index is 12.0. The molecule has 1 unspecified atom stereocenters. The van der Waals surface area contributed by atoms with Crippen molar-refractivity contribution in [3.8, 4) is 0 Å². The van der Waals surface area contributed by atoms with Crippen LogP contribution in [-0.2, 0) is 21.4 Å². The quantitative estimate of drug-likeness (QED) is 0.716. The summed E-state index contributed by atoms with van der Waals surface area (Å²) >= 11 is 0. The Morgan fingerprint density at radius 1 is 1.24 bits per heavy atom. The van der Waals surface area contributed by atoms with E-state index in [9.17, 15) is 18.0 Å². The SMILES string of the molecule is CCC(C)C(=O)NS(=O)(=O)c1ccc(CNC(N)=O)cc1. The third-order valence-corrected chi connectivity index (χ3v) is 4.36. The van der Waals surface area contributed by atoms with Gasteiger partial charge in [-0.15, -0.1) is 0 Å². The van der Waals surface area contributed by atoms with Gasteiger partial charge in [0.05, 0.1) is 4.90 Å².